The summed E-state index contributed by atoms with van der Waals surface area (Å²) in [6.45, 7) is 12.2. The second-order valence-corrected chi connectivity index (χ2v) is 14.0. The Kier molecular flexibility index (Phi) is 9.12. The van der Waals surface area contributed by atoms with Crippen molar-refractivity contribution in [2.45, 2.75) is 77.9 Å². The van der Waals surface area contributed by atoms with Crippen LogP contribution in [-0.4, -0.2) is 72.4 Å². The van der Waals surface area contributed by atoms with Crippen LogP contribution in [0.5, 0.6) is 0 Å². The van der Waals surface area contributed by atoms with Gasteiger partial charge in [-0.2, -0.15) is 24.9 Å². The molecule has 2 amide bonds. The highest BCUT2D eigenvalue weighted by Crippen LogP contribution is 2.39. The number of aromatic nitrogens is 1. The van der Waals surface area contributed by atoms with E-state index in [1.54, 1.807) is 45.5 Å². The lowest BCUT2D eigenvalue weighted by Crippen LogP contribution is -2.49. The minimum Gasteiger partial charge on any atom is -0.443 e. The Morgan fingerprint density at radius 1 is 1.12 bits per heavy atom. The van der Waals surface area contributed by atoms with Crippen molar-refractivity contribution in [3.05, 3.63) is 35.0 Å². The number of fused-ring (bicyclic) bond motifs is 1. The molecule has 1 spiro atoms. The van der Waals surface area contributed by atoms with Crippen molar-refractivity contribution in [2.75, 3.05) is 42.7 Å². The van der Waals surface area contributed by atoms with E-state index in [9.17, 15) is 22.8 Å². The first-order chi connectivity index (χ1) is 19.4. The molecule has 12 heteroatoms. The Balaban J connectivity index is 1.70. The Morgan fingerprint density at radius 2 is 1.79 bits per heavy atom. The van der Waals surface area contributed by atoms with Gasteiger partial charge >= 0.3 is 12.3 Å². The molecule has 2 aliphatic heterocycles. The molecule has 0 saturated carbocycles. The SMILES string of the molecule is Cc1cc(C(=O)NCC2CSCCC23OCCO3)nc2c(C(C)(C)C)cc(N(CC(F)(F)F)C(=O)OC(C)(C)C)cc12. The number of rotatable bonds is 5. The zero-order chi connectivity index (χ0) is 31.1. The fourth-order valence-electron chi connectivity index (χ4n) is 5.22. The van der Waals surface area contributed by atoms with Crippen molar-refractivity contribution >= 4 is 40.4 Å². The highest BCUT2D eigenvalue weighted by Gasteiger charge is 2.46. The summed E-state index contributed by atoms with van der Waals surface area (Å²) < 4.78 is 58.1. The van der Waals surface area contributed by atoms with Gasteiger partial charge in [0, 0.05) is 35.7 Å². The van der Waals surface area contributed by atoms with E-state index in [0.717, 1.165) is 17.9 Å². The van der Waals surface area contributed by atoms with Crippen LogP contribution in [0.25, 0.3) is 10.9 Å². The van der Waals surface area contributed by atoms with E-state index in [1.165, 1.54) is 12.1 Å². The number of carbonyl (C=O) groups is 2. The minimum atomic E-state index is -4.66. The van der Waals surface area contributed by atoms with Gasteiger partial charge in [0.05, 0.1) is 18.7 Å². The number of nitrogens with zero attached hydrogens (tertiary/aromatic N) is 2. The third kappa shape index (κ3) is 7.49. The summed E-state index contributed by atoms with van der Waals surface area (Å²) in [5, 5.41) is 3.53. The highest BCUT2D eigenvalue weighted by atomic mass is 32.2. The molecule has 42 heavy (non-hydrogen) atoms. The van der Waals surface area contributed by atoms with Crippen LogP contribution in [0, 0.1) is 12.8 Å². The van der Waals surface area contributed by atoms with E-state index in [0.29, 0.717) is 46.7 Å². The standard InChI is InChI=1S/C30H40F3N3O5S/c1-18-12-23(25(37)34-15-19-16-42-11-8-29(19)39-9-10-40-29)35-24-21(18)13-20(14-22(24)27(2,3)4)36(17-30(31,32)33)26(38)41-28(5,6)7/h12-14,19H,8-11,15-17H2,1-7H3,(H,34,37). The average Bonchev–Trinajstić information content (AvgIpc) is 3.32. The largest absolute Gasteiger partial charge is 0.443 e. The molecule has 0 bridgehead atoms. The number of carbonyl (C=O) groups excluding carboxylic acids is 2. The molecule has 2 aliphatic rings. The number of anilines is 1. The molecular weight excluding hydrogens is 571 g/mol. The van der Waals surface area contributed by atoms with Gasteiger partial charge in [0.2, 0.25) is 0 Å². The minimum absolute atomic E-state index is 0.00980. The molecule has 4 rings (SSSR count). The maximum Gasteiger partial charge on any atom is 0.415 e. The lowest BCUT2D eigenvalue weighted by molar-refractivity contribution is -0.191. The summed E-state index contributed by atoms with van der Waals surface area (Å²) in [6, 6.07) is 4.65. The number of amides is 2. The Labute approximate surface area is 249 Å². The Morgan fingerprint density at radius 3 is 2.38 bits per heavy atom. The van der Waals surface area contributed by atoms with Crippen molar-refractivity contribution in [3.63, 3.8) is 0 Å². The second-order valence-electron chi connectivity index (χ2n) is 12.9. The van der Waals surface area contributed by atoms with Gasteiger partial charge in [-0.05, 0) is 68.2 Å². The zero-order valence-corrected chi connectivity index (χ0v) is 26.1. The van der Waals surface area contributed by atoms with Crippen LogP contribution < -0.4 is 10.2 Å². The van der Waals surface area contributed by atoms with Crippen molar-refractivity contribution in [3.8, 4) is 0 Å². The summed E-state index contributed by atoms with van der Waals surface area (Å²) in [5.74, 6) is 0.691. The van der Waals surface area contributed by atoms with Gasteiger partial charge in [0.1, 0.15) is 17.8 Å². The quantitative estimate of drug-likeness (QED) is 0.420. The van der Waals surface area contributed by atoms with Crippen LogP contribution in [0.3, 0.4) is 0 Å². The number of pyridine rings is 1. The van der Waals surface area contributed by atoms with Crippen LogP contribution in [0.2, 0.25) is 0 Å². The summed E-state index contributed by atoms with van der Waals surface area (Å²) in [7, 11) is 0. The lowest BCUT2D eigenvalue weighted by atomic mass is 9.84. The van der Waals surface area contributed by atoms with Gasteiger partial charge in [-0.1, -0.05) is 20.8 Å². The summed E-state index contributed by atoms with van der Waals surface area (Å²) >= 11 is 1.80. The molecule has 2 fully saturated rings. The third-order valence-electron chi connectivity index (χ3n) is 7.23. The van der Waals surface area contributed by atoms with Crippen LogP contribution >= 0.6 is 11.8 Å². The Hall–Kier alpha value is -2.57. The molecule has 8 nitrogen and oxygen atoms in total. The normalized spacial score (nSPS) is 19.2. The van der Waals surface area contributed by atoms with Gasteiger partial charge in [0.25, 0.3) is 5.91 Å². The molecule has 3 heterocycles. The molecule has 1 atom stereocenters. The molecule has 0 radical (unpaired) electrons. The van der Waals surface area contributed by atoms with Crippen LogP contribution in [-0.2, 0) is 19.6 Å². The second kappa shape index (κ2) is 11.8. The van der Waals surface area contributed by atoms with E-state index in [-0.39, 0.29) is 23.2 Å². The number of benzene rings is 1. The van der Waals surface area contributed by atoms with Crippen molar-refractivity contribution in [2.24, 2.45) is 5.92 Å². The number of halogens is 3. The lowest BCUT2D eigenvalue weighted by Gasteiger charge is -2.39. The van der Waals surface area contributed by atoms with Crippen molar-refractivity contribution in [1.82, 2.24) is 10.3 Å². The van der Waals surface area contributed by atoms with Gasteiger partial charge in [-0.15, -0.1) is 0 Å². The molecule has 1 N–H and O–H groups in total. The first-order valence-electron chi connectivity index (χ1n) is 14.1. The highest BCUT2D eigenvalue weighted by molar-refractivity contribution is 7.99. The van der Waals surface area contributed by atoms with Crippen molar-refractivity contribution < 1.29 is 37.0 Å². The first-order valence-corrected chi connectivity index (χ1v) is 15.2. The molecule has 232 valence electrons. The number of hydrogen-bond acceptors (Lipinski definition) is 7. The molecular formula is C30H40F3N3O5S. The van der Waals surface area contributed by atoms with E-state index in [1.807, 2.05) is 20.8 Å². The van der Waals surface area contributed by atoms with E-state index in [4.69, 9.17) is 19.2 Å². The number of thioether (sulfide) groups is 1. The fourth-order valence-corrected chi connectivity index (χ4v) is 6.47. The smallest absolute Gasteiger partial charge is 0.415 e. The number of ether oxygens (including phenoxy) is 3. The van der Waals surface area contributed by atoms with Crippen LogP contribution in [0.1, 0.15) is 69.6 Å². The predicted molar refractivity (Wildman–Crippen MR) is 157 cm³/mol. The number of hydrogen-bond donors (Lipinski definition) is 1. The van der Waals surface area contributed by atoms with Gasteiger partial charge < -0.3 is 19.5 Å². The van der Waals surface area contributed by atoms with Gasteiger partial charge in [-0.25, -0.2) is 9.78 Å². The molecule has 1 aromatic heterocycles. The molecule has 1 aromatic carbocycles. The maximum atomic E-state index is 13.6. The monoisotopic (exact) mass is 611 g/mol. The molecule has 2 aromatic rings. The first kappa shape index (κ1) is 32.3. The van der Waals surface area contributed by atoms with Crippen LogP contribution in [0.4, 0.5) is 23.7 Å². The van der Waals surface area contributed by atoms with E-state index in [2.05, 4.69) is 5.32 Å². The topological polar surface area (TPSA) is 90.0 Å². The molecule has 1 unspecified atom stereocenters. The summed E-state index contributed by atoms with van der Waals surface area (Å²) in [6.07, 6.45) is -5.00. The maximum absolute atomic E-state index is 13.6. The molecule has 2 saturated heterocycles. The number of aryl methyl sites for hydroxylation is 1. The van der Waals surface area contributed by atoms with Gasteiger partial charge in [0.15, 0.2) is 5.79 Å². The van der Waals surface area contributed by atoms with Crippen molar-refractivity contribution in [1.29, 1.82) is 0 Å². The summed E-state index contributed by atoms with van der Waals surface area (Å²) in [4.78, 5) is 31.6. The zero-order valence-electron chi connectivity index (χ0n) is 25.2. The fraction of sp³-hybridized carbons (Fsp3) is 0.633. The van der Waals surface area contributed by atoms with E-state index < -0.39 is 35.6 Å². The molecule has 0 aliphatic carbocycles. The van der Waals surface area contributed by atoms with Gasteiger partial charge in [-0.3, -0.25) is 9.69 Å². The van der Waals surface area contributed by atoms with E-state index >= 15 is 0 Å². The number of alkyl halides is 3. The third-order valence-corrected chi connectivity index (χ3v) is 8.36. The Bertz CT molecular complexity index is 1330. The average molecular weight is 612 g/mol. The predicted octanol–water partition coefficient (Wildman–Crippen LogP) is 6.37. The number of nitrogens with one attached hydrogen (secondary N) is 1. The van der Waals surface area contributed by atoms with Crippen LogP contribution in [0.15, 0.2) is 18.2 Å². The summed E-state index contributed by atoms with van der Waals surface area (Å²) in [5.41, 5.74) is 0.389.